The minimum Gasteiger partial charge on any atom is -0.235 e. The van der Waals surface area contributed by atoms with Gasteiger partial charge in [0.25, 0.3) is 0 Å². The molecule has 1 nitrogen and oxygen atoms in total. The predicted octanol–water partition coefficient (Wildman–Crippen LogP) is 4.86. The molecule has 88 valence electrons. The molecule has 0 radical (unpaired) electrons. The number of hydrogen-bond donors (Lipinski definition) is 0. The van der Waals surface area contributed by atoms with Crippen LogP contribution in [0, 0.1) is 6.92 Å². The first-order valence-corrected chi connectivity index (χ1v) is 7.30. The molecule has 0 N–H and O–H groups in total. The van der Waals surface area contributed by atoms with Crippen LogP contribution in [0.5, 0.6) is 0 Å². The van der Waals surface area contributed by atoms with Crippen LogP contribution in [0.4, 0.5) is 0 Å². The number of allylic oxidation sites excluding steroid dienone is 1. The molecule has 1 heterocycles. The molecule has 1 atom stereocenters. The van der Waals surface area contributed by atoms with Crippen molar-refractivity contribution in [1.82, 2.24) is 4.98 Å². The van der Waals surface area contributed by atoms with Gasteiger partial charge in [-0.05, 0) is 18.9 Å². The molecular weight excluding hydrogens is 246 g/mol. The van der Waals surface area contributed by atoms with E-state index in [-0.39, 0.29) is 0 Å². The second-order valence-corrected chi connectivity index (χ2v) is 6.10. The summed E-state index contributed by atoms with van der Waals surface area (Å²) < 4.78 is 1.14. The lowest BCUT2D eigenvalue weighted by Gasteiger charge is -2.13. The molecule has 1 aromatic carbocycles. The Bertz CT molecular complexity index is 476. The van der Waals surface area contributed by atoms with Crippen LogP contribution in [0.2, 0.25) is 0 Å². The van der Waals surface area contributed by atoms with Crippen molar-refractivity contribution >= 4 is 23.1 Å². The lowest BCUT2D eigenvalue weighted by Crippen LogP contribution is -1.92. The van der Waals surface area contributed by atoms with Crippen molar-refractivity contribution in [2.24, 2.45) is 0 Å². The van der Waals surface area contributed by atoms with Gasteiger partial charge in [-0.25, -0.2) is 4.98 Å². The fourth-order valence-corrected chi connectivity index (χ4v) is 3.78. The van der Waals surface area contributed by atoms with E-state index in [2.05, 4.69) is 41.2 Å². The molecule has 2 rings (SSSR count). The van der Waals surface area contributed by atoms with E-state index in [1.165, 1.54) is 5.56 Å². The highest BCUT2D eigenvalue weighted by Gasteiger charge is 2.13. The third-order valence-electron chi connectivity index (χ3n) is 2.39. The molecule has 2 aromatic rings. The van der Waals surface area contributed by atoms with Gasteiger partial charge in [0.1, 0.15) is 0 Å². The third-order valence-corrected chi connectivity index (χ3v) is 4.76. The van der Waals surface area contributed by atoms with Crippen LogP contribution in [0.3, 0.4) is 0 Å². The Hall–Kier alpha value is -1.06. The number of rotatable bonds is 5. The van der Waals surface area contributed by atoms with E-state index in [0.717, 1.165) is 16.5 Å². The van der Waals surface area contributed by atoms with E-state index in [4.69, 9.17) is 0 Å². The highest BCUT2D eigenvalue weighted by Crippen LogP contribution is 2.39. The molecule has 0 spiro atoms. The van der Waals surface area contributed by atoms with Crippen molar-refractivity contribution in [3.8, 4) is 0 Å². The molecule has 0 fully saturated rings. The predicted molar refractivity (Wildman–Crippen MR) is 76.7 cm³/mol. The van der Waals surface area contributed by atoms with Crippen LogP contribution in [0.1, 0.15) is 22.9 Å². The van der Waals surface area contributed by atoms with Gasteiger partial charge in [-0.3, -0.25) is 0 Å². The average molecular weight is 261 g/mol. The number of hydrogen-bond acceptors (Lipinski definition) is 3. The highest BCUT2D eigenvalue weighted by molar-refractivity contribution is 8.01. The van der Waals surface area contributed by atoms with Gasteiger partial charge in [0.05, 0.1) is 0 Å². The van der Waals surface area contributed by atoms with Gasteiger partial charge < -0.3 is 0 Å². The standard InChI is InChI=1S/C14H15NS2/c1-3-7-13(12-8-5-4-6-9-12)17-14-15-11(2)10-16-14/h3-6,8-10,13H,1,7H2,2H3. The molecule has 0 aliphatic heterocycles. The average Bonchev–Trinajstić information content (AvgIpc) is 2.75. The maximum Gasteiger partial charge on any atom is 0.150 e. The zero-order valence-electron chi connectivity index (χ0n) is 9.80. The normalized spacial score (nSPS) is 12.3. The molecule has 0 aliphatic carbocycles. The number of thiazole rings is 1. The summed E-state index contributed by atoms with van der Waals surface area (Å²) in [5.41, 5.74) is 2.44. The summed E-state index contributed by atoms with van der Waals surface area (Å²) in [4.78, 5) is 4.51. The number of benzene rings is 1. The zero-order valence-corrected chi connectivity index (χ0v) is 11.4. The Morgan fingerprint density at radius 1 is 1.41 bits per heavy atom. The van der Waals surface area contributed by atoms with Gasteiger partial charge in [-0.2, -0.15) is 0 Å². The summed E-state index contributed by atoms with van der Waals surface area (Å²) in [7, 11) is 0. The topological polar surface area (TPSA) is 12.9 Å². The summed E-state index contributed by atoms with van der Waals surface area (Å²) in [5, 5.41) is 2.51. The maximum absolute atomic E-state index is 4.51. The Balaban J connectivity index is 2.15. The minimum absolute atomic E-state index is 0.416. The molecule has 17 heavy (non-hydrogen) atoms. The second kappa shape index (κ2) is 6.03. The number of aromatic nitrogens is 1. The van der Waals surface area contributed by atoms with Gasteiger partial charge >= 0.3 is 0 Å². The molecule has 0 aliphatic rings. The molecule has 0 saturated heterocycles. The second-order valence-electron chi connectivity index (χ2n) is 3.80. The van der Waals surface area contributed by atoms with Crippen molar-refractivity contribution in [1.29, 1.82) is 0 Å². The van der Waals surface area contributed by atoms with E-state index >= 15 is 0 Å². The first-order valence-electron chi connectivity index (χ1n) is 5.54. The van der Waals surface area contributed by atoms with Gasteiger partial charge in [0.15, 0.2) is 4.34 Å². The Labute approximate surface area is 111 Å². The maximum atomic E-state index is 4.51. The Kier molecular flexibility index (Phi) is 4.40. The van der Waals surface area contributed by atoms with Gasteiger partial charge in [-0.15, -0.1) is 17.9 Å². The summed E-state index contributed by atoms with van der Waals surface area (Å²) in [6.07, 6.45) is 2.94. The summed E-state index contributed by atoms with van der Waals surface area (Å²) in [6.45, 7) is 5.88. The quantitative estimate of drug-likeness (QED) is 0.563. The van der Waals surface area contributed by atoms with Crippen LogP contribution in [0.25, 0.3) is 0 Å². The van der Waals surface area contributed by atoms with Crippen LogP contribution in [0.15, 0.2) is 52.7 Å². The van der Waals surface area contributed by atoms with Crippen LogP contribution < -0.4 is 0 Å². The first kappa shape index (κ1) is 12.4. The van der Waals surface area contributed by atoms with E-state index in [0.29, 0.717) is 5.25 Å². The lowest BCUT2D eigenvalue weighted by atomic mass is 10.1. The molecule has 3 heteroatoms. The Morgan fingerprint density at radius 3 is 2.76 bits per heavy atom. The summed E-state index contributed by atoms with van der Waals surface area (Å²) in [6, 6.07) is 10.5. The molecule has 0 bridgehead atoms. The smallest absolute Gasteiger partial charge is 0.150 e. The lowest BCUT2D eigenvalue weighted by molar-refractivity contribution is 0.967. The Morgan fingerprint density at radius 2 is 2.18 bits per heavy atom. The van der Waals surface area contributed by atoms with Crippen molar-refractivity contribution in [3.05, 3.63) is 59.6 Å². The molecule has 1 unspecified atom stereocenters. The van der Waals surface area contributed by atoms with Gasteiger partial charge in [0.2, 0.25) is 0 Å². The number of thioether (sulfide) groups is 1. The zero-order chi connectivity index (χ0) is 12.1. The molecule has 0 saturated carbocycles. The van der Waals surface area contributed by atoms with Crippen molar-refractivity contribution in [3.63, 3.8) is 0 Å². The largest absolute Gasteiger partial charge is 0.235 e. The number of nitrogens with zero attached hydrogens (tertiary/aromatic N) is 1. The minimum atomic E-state index is 0.416. The van der Waals surface area contributed by atoms with Crippen molar-refractivity contribution in [2.75, 3.05) is 0 Å². The van der Waals surface area contributed by atoms with Gasteiger partial charge in [-0.1, -0.05) is 48.2 Å². The van der Waals surface area contributed by atoms with E-state index in [1.54, 1.807) is 11.3 Å². The van der Waals surface area contributed by atoms with Crippen LogP contribution >= 0.6 is 23.1 Å². The number of aryl methyl sites for hydroxylation is 1. The molecule has 1 aromatic heterocycles. The first-order chi connectivity index (χ1) is 8.29. The van der Waals surface area contributed by atoms with E-state index in [1.807, 2.05) is 30.8 Å². The fraction of sp³-hybridized carbons (Fsp3) is 0.214. The highest BCUT2D eigenvalue weighted by atomic mass is 32.2. The fourth-order valence-electron chi connectivity index (χ4n) is 1.58. The van der Waals surface area contributed by atoms with Gasteiger partial charge in [0, 0.05) is 16.3 Å². The summed E-state index contributed by atoms with van der Waals surface area (Å²) in [5.74, 6) is 0. The van der Waals surface area contributed by atoms with Crippen LogP contribution in [-0.2, 0) is 0 Å². The van der Waals surface area contributed by atoms with Crippen LogP contribution in [-0.4, -0.2) is 4.98 Å². The van der Waals surface area contributed by atoms with Crippen molar-refractivity contribution < 1.29 is 0 Å². The van der Waals surface area contributed by atoms with E-state index in [9.17, 15) is 0 Å². The third kappa shape index (κ3) is 3.45. The summed E-state index contributed by atoms with van der Waals surface area (Å²) >= 11 is 3.54. The SMILES string of the molecule is C=CCC(Sc1nc(C)cs1)c1ccccc1. The molecular formula is C14H15NS2. The monoisotopic (exact) mass is 261 g/mol. The molecule has 0 amide bonds. The van der Waals surface area contributed by atoms with E-state index < -0.39 is 0 Å². The van der Waals surface area contributed by atoms with Crippen molar-refractivity contribution in [2.45, 2.75) is 22.9 Å².